The summed E-state index contributed by atoms with van der Waals surface area (Å²) in [5.41, 5.74) is 5.06. The molecule has 31 heavy (non-hydrogen) atoms. The molecule has 0 aromatic heterocycles. The third kappa shape index (κ3) is 5.52. The number of nitrogens with one attached hydrogen (secondary N) is 1. The molecule has 0 bridgehead atoms. The first-order valence-electron chi connectivity index (χ1n) is 11.1. The average molecular weight is 427 g/mol. The van der Waals surface area contributed by atoms with Crippen molar-refractivity contribution in [2.24, 2.45) is 0 Å². The van der Waals surface area contributed by atoms with Crippen molar-refractivity contribution < 1.29 is 14.2 Å². The van der Waals surface area contributed by atoms with E-state index in [-0.39, 0.29) is 11.5 Å². The normalized spacial score (nSPS) is 16.2. The van der Waals surface area contributed by atoms with Crippen molar-refractivity contribution in [3.8, 4) is 17.2 Å². The lowest BCUT2D eigenvalue weighted by molar-refractivity contribution is 0.267. The largest absolute Gasteiger partial charge is 0.496 e. The van der Waals surface area contributed by atoms with Gasteiger partial charge in [0.1, 0.15) is 5.75 Å². The molecule has 5 nitrogen and oxygen atoms in total. The van der Waals surface area contributed by atoms with Crippen LogP contribution in [0.2, 0.25) is 0 Å². The quantitative estimate of drug-likeness (QED) is 0.627. The summed E-state index contributed by atoms with van der Waals surface area (Å²) in [6.07, 6.45) is 1.93. The highest BCUT2D eigenvalue weighted by Crippen LogP contribution is 2.41. The summed E-state index contributed by atoms with van der Waals surface area (Å²) < 4.78 is 17.6. The van der Waals surface area contributed by atoms with Gasteiger partial charge in [0.15, 0.2) is 11.5 Å². The molecule has 3 rings (SSSR count). The second kappa shape index (κ2) is 9.92. The molecule has 170 valence electrons. The van der Waals surface area contributed by atoms with Gasteiger partial charge in [0.25, 0.3) is 0 Å². The van der Waals surface area contributed by atoms with E-state index in [1.54, 1.807) is 14.2 Å². The maximum Gasteiger partial charge on any atom is 0.161 e. The van der Waals surface area contributed by atoms with Crippen molar-refractivity contribution in [3.05, 3.63) is 52.6 Å². The fraction of sp³-hybridized carbons (Fsp3) is 0.538. The molecule has 1 atom stereocenters. The van der Waals surface area contributed by atoms with E-state index in [1.165, 1.54) is 22.3 Å². The van der Waals surface area contributed by atoms with Crippen LogP contribution in [0.3, 0.4) is 0 Å². The van der Waals surface area contributed by atoms with Crippen molar-refractivity contribution in [1.82, 2.24) is 10.2 Å². The monoisotopic (exact) mass is 426 g/mol. The number of methoxy groups -OCH3 is 2. The van der Waals surface area contributed by atoms with E-state index in [2.05, 4.69) is 75.4 Å². The van der Waals surface area contributed by atoms with E-state index < -0.39 is 0 Å². The Labute approximate surface area is 187 Å². The summed E-state index contributed by atoms with van der Waals surface area (Å²) in [5.74, 6) is 2.52. The van der Waals surface area contributed by atoms with Crippen LogP contribution in [0.5, 0.6) is 17.2 Å². The van der Waals surface area contributed by atoms with Crippen LogP contribution < -0.4 is 19.5 Å². The number of hydrogen-bond donors (Lipinski definition) is 1. The van der Waals surface area contributed by atoms with Crippen LogP contribution in [0.1, 0.15) is 55.5 Å². The molecule has 2 aromatic carbocycles. The van der Waals surface area contributed by atoms with Gasteiger partial charge >= 0.3 is 0 Å². The van der Waals surface area contributed by atoms with Gasteiger partial charge in [-0.25, -0.2) is 0 Å². The van der Waals surface area contributed by atoms with Crippen LogP contribution in [-0.4, -0.2) is 52.9 Å². The van der Waals surface area contributed by atoms with E-state index in [9.17, 15) is 0 Å². The molecule has 1 aliphatic rings. The summed E-state index contributed by atoms with van der Waals surface area (Å²) in [4.78, 5) is 2.17. The predicted octanol–water partition coefficient (Wildman–Crippen LogP) is 4.57. The van der Waals surface area contributed by atoms with Crippen LogP contribution in [0.4, 0.5) is 0 Å². The Kier molecular flexibility index (Phi) is 7.50. The lowest BCUT2D eigenvalue weighted by Crippen LogP contribution is -2.31. The van der Waals surface area contributed by atoms with Gasteiger partial charge in [-0.2, -0.15) is 0 Å². The summed E-state index contributed by atoms with van der Waals surface area (Å²) >= 11 is 0. The standard InChI is InChI=1S/C26H38N2O3/c1-26(2,3)19-9-10-22(29-6)21(16-19)25-20-17-24(31-14-8-13-28(4)5)23(30-7)15-18(20)11-12-27-25/h9-10,15-17,25,27H,8,11-14H2,1-7H3. The van der Waals surface area contributed by atoms with Crippen LogP contribution in [0.25, 0.3) is 0 Å². The third-order valence-corrected chi connectivity index (χ3v) is 5.89. The van der Waals surface area contributed by atoms with Gasteiger partial charge < -0.3 is 24.4 Å². The molecule has 1 unspecified atom stereocenters. The lowest BCUT2D eigenvalue weighted by atomic mass is 9.83. The van der Waals surface area contributed by atoms with Crippen molar-refractivity contribution in [1.29, 1.82) is 0 Å². The van der Waals surface area contributed by atoms with E-state index in [0.29, 0.717) is 6.61 Å². The smallest absolute Gasteiger partial charge is 0.161 e. The van der Waals surface area contributed by atoms with Gasteiger partial charge in [-0.1, -0.05) is 26.8 Å². The highest BCUT2D eigenvalue weighted by atomic mass is 16.5. The Bertz CT molecular complexity index is 887. The average Bonchev–Trinajstić information content (AvgIpc) is 2.74. The molecule has 0 saturated carbocycles. The van der Waals surface area contributed by atoms with Crippen molar-refractivity contribution >= 4 is 0 Å². The van der Waals surface area contributed by atoms with E-state index in [0.717, 1.165) is 43.2 Å². The molecule has 0 fully saturated rings. The van der Waals surface area contributed by atoms with Gasteiger partial charge in [0.05, 0.1) is 26.9 Å². The molecule has 1 heterocycles. The molecule has 0 saturated heterocycles. The van der Waals surface area contributed by atoms with Gasteiger partial charge in [0.2, 0.25) is 0 Å². The van der Waals surface area contributed by atoms with E-state index in [1.807, 2.05) is 0 Å². The number of nitrogens with zero attached hydrogens (tertiary/aromatic N) is 1. The lowest BCUT2D eigenvalue weighted by Gasteiger charge is -2.31. The Balaban J connectivity index is 1.99. The minimum absolute atomic E-state index is 0.0519. The molecule has 5 heteroatoms. The van der Waals surface area contributed by atoms with Gasteiger partial charge in [-0.15, -0.1) is 0 Å². The van der Waals surface area contributed by atoms with Crippen molar-refractivity contribution in [2.75, 3.05) is 48.0 Å². The first kappa shape index (κ1) is 23.4. The van der Waals surface area contributed by atoms with Crippen molar-refractivity contribution in [2.45, 2.75) is 45.1 Å². The summed E-state index contributed by atoms with van der Waals surface area (Å²) in [6.45, 7) is 9.29. The van der Waals surface area contributed by atoms with Gasteiger partial charge in [-0.3, -0.25) is 0 Å². The van der Waals surface area contributed by atoms with Crippen LogP contribution in [0.15, 0.2) is 30.3 Å². The maximum absolute atomic E-state index is 6.15. The Morgan fingerprint density at radius 2 is 1.71 bits per heavy atom. The number of rotatable bonds is 8. The zero-order valence-corrected chi connectivity index (χ0v) is 20.2. The third-order valence-electron chi connectivity index (χ3n) is 5.89. The fourth-order valence-electron chi connectivity index (χ4n) is 4.10. The highest BCUT2D eigenvalue weighted by molar-refractivity contribution is 5.54. The molecule has 0 amide bonds. The maximum atomic E-state index is 6.15. The summed E-state index contributed by atoms with van der Waals surface area (Å²) in [5, 5.41) is 3.71. The molecule has 1 N–H and O–H groups in total. The van der Waals surface area contributed by atoms with Crippen molar-refractivity contribution in [3.63, 3.8) is 0 Å². The predicted molar refractivity (Wildman–Crippen MR) is 127 cm³/mol. The molecular formula is C26H38N2O3. The molecular weight excluding hydrogens is 388 g/mol. The van der Waals surface area contributed by atoms with Crippen LogP contribution in [0, 0.1) is 0 Å². The SMILES string of the molecule is COc1cc2c(cc1OCCCN(C)C)C(c1cc(C(C)(C)C)ccc1OC)NCC2. The van der Waals surface area contributed by atoms with E-state index in [4.69, 9.17) is 14.2 Å². The fourth-order valence-corrected chi connectivity index (χ4v) is 4.10. The molecule has 0 radical (unpaired) electrons. The first-order chi connectivity index (χ1) is 14.7. The molecule has 1 aliphatic heterocycles. The second-order valence-electron chi connectivity index (χ2n) is 9.55. The number of benzene rings is 2. The second-order valence-corrected chi connectivity index (χ2v) is 9.55. The topological polar surface area (TPSA) is 43.0 Å². The Hall–Kier alpha value is -2.24. The minimum atomic E-state index is 0.0519. The van der Waals surface area contributed by atoms with Crippen LogP contribution in [-0.2, 0) is 11.8 Å². The number of ether oxygens (including phenoxy) is 3. The van der Waals surface area contributed by atoms with Crippen LogP contribution >= 0.6 is 0 Å². The first-order valence-corrected chi connectivity index (χ1v) is 11.1. The number of fused-ring (bicyclic) bond motifs is 1. The summed E-state index contributed by atoms with van der Waals surface area (Å²) in [6, 6.07) is 10.9. The molecule has 2 aromatic rings. The van der Waals surface area contributed by atoms with E-state index >= 15 is 0 Å². The van der Waals surface area contributed by atoms with Gasteiger partial charge in [-0.05, 0) is 73.3 Å². The summed E-state index contributed by atoms with van der Waals surface area (Å²) in [7, 11) is 7.61. The molecule has 0 spiro atoms. The Morgan fingerprint density at radius 1 is 0.968 bits per heavy atom. The zero-order valence-electron chi connectivity index (χ0n) is 20.2. The minimum Gasteiger partial charge on any atom is -0.496 e. The molecule has 0 aliphatic carbocycles. The Morgan fingerprint density at radius 3 is 2.35 bits per heavy atom. The van der Waals surface area contributed by atoms with Gasteiger partial charge in [0, 0.05) is 18.7 Å². The zero-order chi connectivity index (χ0) is 22.6. The highest BCUT2D eigenvalue weighted by Gasteiger charge is 2.27. The number of hydrogen-bond acceptors (Lipinski definition) is 5.